The molecule has 5 heteroatoms. The van der Waals surface area contributed by atoms with Gasteiger partial charge in [-0.25, -0.2) is 4.79 Å². The summed E-state index contributed by atoms with van der Waals surface area (Å²) in [5.74, 6) is -1.72. The normalized spacial score (nSPS) is 11.4. The highest BCUT2D eigenvalue weighted by Crippen LogP contribution is 2.19. The number of carbonyl (C=O) groups excluding carboxylic acids is 3. The van der Waals surface area contributed by atoms with Crippen LogP contribution in [0.5, 0.6) is 0 Å². The predicted octanol–water partition coefficient (Wildman–Crippen LogP) is 2.60. The highest BCUT2D eigenvalue weighted by Gasteiger charge is 2.26. The minimum absolute atomic E-state index is 0.143. The van der Waals surface area contributed by atoms with Gasteiger partial charge >= 0.3 is 5.97 Å². The highest BCUT2D eigenvalue weighted by atomic mass is 16.5. The Labute approximate surface area is 140 Å². The van der Waals surface area contributed by atoms with Crippen molar-refractivity contribution in [3.8, 4) is 11.1 Å². The third kappa shape index (κ3) is 4.29. The van der Waals surface area contributed by atoms with E-state index in [1.165, 1.54) is 6.92 Å². The summed E-state index contributed by atoms with van der Waals surface area (Å²) in [5, 5.41) is 2.41. The van der Waals surface area contributed by atoms with E-state index < -0.39 is 23.7 Å². The molecule has 0 saturated carbocycles. The lowest BCUT2D eigenvalue weighted by atomic mass is 10.0. The number of hydrogen-bond donors (Lipinski definition) is 1. The maximum absolute atomic E-state index is 12.2. The zero-order valence-corrected chi connectivity index (χ0v) is 13.6. The van der Waals surface area contributed by atoms with Crippen molar-refractivity contribution in [3.63, 3.8) is 0 Å². The number of ether oxygens (including phenoxy) is 1. The summed E-state index contributed by atoms with van der Waals surface area (Å²) < 4.78 is 4.80. The van der Waals surface area contributed by atoms with Crippen LogP contribution in [-0.2, 0) is 14.3 Å². The van der Waals surface area contributed by atoms with Crippen LogP contribution >= 0.6 is 0 Å². The summed E-state index contributed by atoms with van der Waals surface area (Å²) in [6.45, 7) is 3.02. The molecule has 2 aromatic carbocycles. The van der Waals surface area contributed by atoms with Crippen LogP contribution in [-0.4, -0.2) is 30.3 Å². The number of benzene rings is 2. The summed E-state index contributed by atoms with van der Waals surface area (Å²) in [7, 11) is 0. The molecule has 0 saturated heterocycles. The average molecular weight is 325 g/mol. The first-order chi connectivity index (χ1) is 11.5. The molecule has 0 aliphatic carbocycles. The summed E-state index contributed by atoms with van der Waals surface area (Å²) in [6, 6.07) is 15.4. The van der Waals surface area contributed by atoms with E-state index in [1.807, 2.05) is 42.5 Å². The Morgan fingerprint density at radius 3 is 2.08 bits per heavy atom. The molecule has 1 atom stereocenters. The van der Waals surface area contributed by atoms with Crippen molar-refractivity contribution in [2.24, 2.45) is 0 Å². The summed E-state index contributed by atoms with van der Waals surface area (Å²) in [5.41, 5.74) is 2.38. The highest BCUT2D eigenvalue weighted by molar-refractivity contribution is 6.07. The molecule has 0 spiro atoms. The van der Waals surface area contributed by atoms with Gasteiger partial charge in [0.15, 0.2) is 11.8 Å². The maximum Gasteiger partial charge on any atom is 0.336 e. The van der Waals surface area contributed by atoms with Gasteiger partial charge in [0, 0.05) is 5.56 Å². The lowest BCUT2D eigenvalue weighted by Gasteiger charge is -2.14. The second kappa shape index (κ2) is 8.06. The SMILES string of the molecule is CCOC(=O)C(NC(=O)c1ccc(-c2ccccc2)cc1)C(C)=O. The van der Waals surface area contributed by atoms with Crippen LogP contribution in [0.25, 0.3) is 11.1 Å². The minimum Gasteiger partial charge on any atom is -0.464 e. The quantitative estimate of drug-likeness (QED) is 0.654. The molecule has 0 heterocycles. The zero-order chi connectivity index (χ0) is 17.5. The van der Waals surface area contributed by atoms with Gasteiger partial charge in [-0.1, -0.05) is 42.5 Å². The second-order valence-electron chi connectivity index (χ2n) is 5.21. The molecule has 1 amide bonds. The molecule has 1 N–H and O–H groups in total. The van der Waals surface area contributed by atoms with Crippen molar-refractivity contribution >= 4 is 17.7 Å². The zero-order valence-electron chi connectivity index (χ0n) is 13.6. The topological polar surface area (TPSA) is 72.5 Å². The molecule has 24 heavy (non-hydrogen) atoms. The number of rotatable bonds is 6. The number of ketones is 1. The molecule has 0 bridgehead atoms. The molecule has 0 fully saturated rings. The van der Waals surface area contributed by atoms with Crippen LogP contribution in [0.2, 0.25) is 0 Å². The van der Waals surface area contributed by atoms with Gasteiger partial charge in [0.2, 0.25) is 0 Å². The fraction of sp³-hybridized carbons (Fsp3) is 0.211. The Bertz CT molecular complexity index is 723. The Balaban J connectivity index is 2.12. The van der Waals surface area contributed by atoms with E-state index in [0.717, 1.165) is 11.1 Å². The molecule has 1 unspecified atom stereocenters. The molecule has 2 aromatic rings. The van der Waals surface area contributed by atoms with Crippen molar-refractivity contribution in [1.82, 2.24) is 5.32 Å². The van der Waals surface area contributed by atoms with Gasteiger partial charge in [0.1, 0.15) is 0 Å². The van der Waals surface area contributed by atoms with Gasteiger partial charge < -0.3 is 10.1 Å². The first-order valence-electron chi connectivity index (χ1n) is 7.66. The van der Waals surface area contributed by atoms with Crippen LogP contribution in [0.3, 0.4) is 0 Å². The number of amides is 1. The van der Waals surface area contributed by atoms with Gasteiger partial charge in [0.25, 0.3) is 5.91 Å². The van der Waals surface area contributed by atoms with Crippen molar-refractivity contribution in [1.29, 1.82) is 0 Å². The van der Waals surface area contributed by atoms with E-state index in [1.54, 1.807) is 19.1 Å². The third-order valence-electron chi connectivity index (χ3n) is 3.46. The van der Waals surface area contributed by atoms with E-state index in [9.17, 15) is 14.4 Å². The number of nitrogens with one attached hydrogen (secondary N) is 1. The molecule has 2 rings (SSSR count). The second-order valence-corrected chi connectivity index (χ2v) is 5.21. The monoisotopic (exact) mass is 325 g/mol. The summed E-state index contributed by atoms with van der Waals surface area (Å²) >= 11 is 0. The van der Waals surface area contributed by atoms with Crippen LogP contribution in [0.4, 0.5) is 0 Å². The van der Waals surface area contributed by atoms with E-state index in [2.05, 4.69) is 5.32 Å². The fourth-order valence-electron chi connectivity index (χ4n) is 2.21. The van der Waals surface area contributed by atoms with Crippen molar-refractivity contribution in [2.45, 2.75) is 19.9 Å². The maximum atomic E-state index is 12.2. The molecule has 0 radical (unpaired) electrons. The Morgan fingerprint density at radius 1 is 0.958 bits per heavy atom. The lowest BCUT2D eigenvalue weighted by molar-refractivity contribution is -0.148. The largest absolute Gasteiger partial charge is 0.464 e. The smallest absolute Gasteiger partial charge is 0.336 e. The van der Waals surface area contributed by atoms with Crippen LogP contribution in [0.15, 0.2) is 54.6 Å². The van der Waals surface area contributed by atoms with Crippen molar-refractivity contribution in [2.75, 3.05) is 6.61 Å². The van der Waals surface area contributed by atoms with Crippen molar-refractivity contribution in [3.05, 3.63) is 60.2 Å². The van der Waals surface area contributed by atoms with E-state index in [-0.39, 0.29) is 6.61 Å². The van der Waals surface area contributed by atoms with Crippen LogP contribution in [0.1, 0.15) is 24.2 Å². The van der Waals surface area contributed by atoms with Gasteiger partial charge in [-0.2, -0.15) is 0 Å². The Morgan fingerprint density at radius 2 is 1.54 bits per heavy atom. The number of hydrogen-bond acceptors (Lipinski definition) is 4. The fourth-order valence-corrected chi connectivity index (χ4v) is 2.21. The summed E-state index contributed by atoms with van der Waals surface area (Å²) in [4.78, 5) is 35.5. The van der Waals surface area contributed by atoms with E-state index in [0.29, 0.717) is 5.56 Å². The Hall–Kier alpha value is -2.95. The first-order valence-corrected chi connectivity index (χ1v) is 7.66. The first kappa shape index (κ1) is 17.4. The molecular weight excluding hydrogens is 306 g/mol. The van der Waals surface area contributed by atoms with Gasteiger partial charge in [0.05, 0.1) is 6.61 Å². The van der Waals surface area contributed by atoms with Crippen LogP contribution < -0.4 is 5.32 Å². The summed E-state index contributed by atoms with van der Waals surface area (Å²) in [6.07, 6.45) is 0. The van der Waals surface area contributed by atoms with Gasteiger partial charge in [-0.3, -0.25) is 9.59 Å². The average Bonchev–Trinajstić information content (AvgIpc) is 2.60. The third-order valence-corrected chi connectivity index (χ3v) is 3.46. The predicted molar refractivity (Wildman–Crippen MR) is 90.4 cm³/mol. The Kier molecular flexibility index (Phi) is 5.84. The number of Topliss-reactive ketones (excluding diaryl/α,β-unsaturated/α-hetero) is 1. The number of carbonyl (C=O) groups is 3. The van der Waals surface area contributed by atoms with Crippen molar-refractivity contribution < 1.29 is 19.1 Å². The standard InChI is InChI=1S/C19H19NO4/c1-3-24-19(23)17(13(2)21)20-18(22)16-11-9-15(10-12-16)14-7-5-4-6-8-14/h4-12,17H,3H2,1-2H3,(H,20,22). The van der Waals surface area contributed by atoms with Gasteiger partial charge in [-0.05, 0) is 37.1 Å². The van der Waals surface area contributed by atoms with Gasteiger partial charge in [-0.15, -0.1) is 0 Å². The molecule has 0 aliphatic rings. The molecular formula is C19H19NO4. The van der Waals surface area contributed by atoms with Crippen LogP contribution in [0, 0.1) is 0 Å². The molecule has 0 aliphatic heterocycles. The van der Waals surface area contributed by atoms with E-state index >= 15 is 0 Å². The molecule has 0 aromatic heterocycles. The lowest BCUT2D eigenvalue weighted by Crippen LogP contribution is -2.46. The minimum atomic E-state index is -1.29. The number of esters is 1. The molecule has 5 nitrogen and oxygen atoms in total. The van der Waals surface area contributed by atoms with E-state index in [4.69, 9.17) is 4.74 Å². The molecule has 124 valence electrons.